The Balaban J connectivity index is 2.04. The lowest BCUT2D eigenvalue weighted by Gasteiger charge is -2.33. The van der Waals surface area contributed by atoms with E-state index in [4.69, 9.17) is 11.6 Å². The van der Waals surface area contributed by atoms with Crippen LogP contribution in [-0.2, 0) is 32.6 Å². The van der Waals surface area contributed by atoms with Crippen molar-refractivity contribution in [2.45, 2.75) is 32.9 Å². The fraction of sp³-hybridized carbons (Fsp3) is 0.310. The van der Waals surface area contributed by atoms with Crippen molar-refractivity contribution in [3.63, 3.8) is 0 Å². The lowest BCUT2D eigenvalue weighted by molar-refractivity contribution is -0.140. The number of halogens is 2. The molecule has 0 aromatic heterocycles. The fourth-order valence-corrected chi connectivity index (χ4v) is 5.45. The van der Waals surface area contributed by atoms with Gasteiger partial charge in [0.2, 0.25) is 21.8 Å². The Morgan fingerprint density at radius 2 is 1.59 bits per heavy atom. The summed E-state index contributed by atoms with van der Waals surface area (Å²) in [6, 6.07) is 22.3. The first-order valence-electron chi connectivity index (χ1n) is 12.5. The van der Waals surface area contributed by atoms with Crippen LogP contribution in [0.15, 0.2) is 83.3 Å². The normalized spacial score (nSPS) is 12.2. The van der Waals surface area contributed by atoms with E-state index in [0.29, 0.717) is 17.3 Å². The van der Waals surface area contributed by atoms with Gasteiger partial charge in [0.15, 0.2) is 0 Å². The molecule has 0 heterocycles. The van der Waals surface area contributed by atoms with E-state index >= 15 is 0 Å². The summed E-state index contributed by atoms with van der Waals surface area (Å²) in [5.74, 6) is -0.588. The van der Waals surface area contributed by atoms with Crippen molar-refractivity contribution < 1.29 is 18.0 Å². The van der Waals surface area contributed by atoms with Gasteiger partial charge in [-0.15, -0.1) is 0 Å². The quantitative estimate of drug-likeness (QED) is 0.294. The van der Waals surface area contributed by atoms with E-state index < -0.39 is 28.5 Å². The van der Waals surface area contributed by atoms with E-state index in [1.165, 1.54) is 4.90 Å². The van der Waals surface area contributed by atoms with Gasteiger partial charge in [0, 0.05) is 29.0 Å². The number of hydrogen-bond acceptors (Lipinski definition) is 4. The van der Waals surface area contributed by atoms with Gasteiger partial charge in [0.05, 0.1) is 11.9 Å². The minimum absolute atomic E-state index is 0.114. The van der Waals surface area contributed by atoms with Gasteiger partial charge in [-0.3, -0.25) is 13.9 Å². The Kier molecular flexibility index (Phi) is 11.0. The predicted octanol–water partition coefficient (Wildman–Crippen LogP) is 5.28. The van der Waals surface area contributed by atoms with Crippen molar-refractivity contribution in [2.75, 3.05) is 23.7 Å². The van der Waals surface area contributed by atoms with E-state index in [2.05, 4.69) is 21.2 Å². The molecule has 2 amide bonds. The van der Waals surface area contributed by atoms with Gasteiger partial charge in [-0.05, 0) is 53.4 Å². The number of nitrogens with zero attached hydrogens (tertiary/aromatic N) is 2. The van der Waals surface area contributed by atoms with Gasteiger partial charge in [-0.2, -0.15) is 0 Å². The van der Waals surface area contributed by atoms with Crippen molar-refractivity contribution >= 4 is 55.1 Å². The molecule has 3 aromatic carbocycles. The third-order valence-electron chi connectivity index (χ3n) is 5.99. The Morgan fingerprint density at radius 3 is 2.18 bits per heavy atom. The number of benzene rings is 3. The van der Waals surface area contributed by atoms with Crippen LogP contribution in [0.25, 0.3) is 0 Å². The highest BCUT2D eigenvalue weighted by Crippen LogP contribution is 2.23. The molecule has 0 saturated heterocycles. The molecule has 3 aromatic rings. The van der Waals surface area contributed by atoms with Crippen LogP contribution in [0.5, 0.6) is 0 Å². The molecule has 0 spiro atoms. The molecule has 39 heavy (non-hydrogen) atoms. The molecular formula is C29H33BrClN3O4S. The first-order valence-corrected chi connectivity index (χ1v) is 15.5. The van der Waals surface area contributed by atoms with Crippen LogP contribution in [-0.4, -0.2) is 50.5 Å². The number of amides is 2. The van der Waals surface area contributed by atoms with Gasteiger partial charge in [0.25, 0.3) is 0 Å². The number of nitrogens with one attached hydrogen (secondary N) is 1. The average molecular weight is 635 g/mol. The van der Waals surface area contributed by atoms with Crippen LogP contribution in [0.3, 0.4) is 0 Å². The number of carbonyl (C=O) groups is 2. The summed E-state index contributed by atoms with van der Waals surface area (Å²) in [6.45, 7) is 4.07. The van der Waals surface area contributed by atoms with E-state index in [1.54, 1.807) is 24.3 Å². The van der Waals surface area contributed by atoms with Crippen LogP contribution in [0.4, 0.5) is 5.69 Å². The molecule has 0 aliphatic heterocycles. The second kappa shape index (κ2) is 14.0. The summed E-state index contributed by atoms with van der Waals surface area (Å²) in [7, 11) is -3.83. The molecule has 1 atom stereocenters. The van der Waals surface area contributed by atoms with Crippen LogP contribution in [0.2, 0.25) is 5.02 Å². The van der Waals surface area contributed by atoms with Gasteiger partial charge >= 0.3 is 0 Å². The highest BCUT2D eigenvalue weighted by molar-refractivity contribution is 9.10. The molecule has 0 saturated carbocycles. The highest BCUT2D eigenvalue weighted by atomic mass is 79.9. The topological polar surface area (TPSA) is 86.8 Å². The molecule has 10 heteroatoms. The second-order valence-corrected chi connectivity index (χ2v) is 13.0. The Morgan fingerprint density at radius 1 is 0.949 bits per heavy atom. The maximum Gasteiger partial charge on any atom is 0.244 e. The van der Waals surface area contributed by atoms with E-state index in [9.17, 15) is 18.0 Å². The van der Waals surface area contributed by atoms with E-state index in [-0.39, 0.29) is 24.8 Å². The lowest BCUT2D eigenvalue weighted by atomic mass is 10.0. The highest BCUT2D eigenvalue weighted by Gasteiger charge is 2.33. The predicted molar refractivity (Wildman–Crippen MR) is 160 cm³/mol. The van der Waals surface area contributed by atoms with Crippen molar-refractivity contribution in [2.24, 2.45) is 5.92 Å². The maximum absolute atomic E-state index is 14.0. The van der Waals surface area contributed by atoms with Crippen molar-refractivity contribution in [1.29, 1.82) is 0 Å². The first kappa shape index (κ1) is 30.7. The summed E-state index contributed by atoms with van der Waals surface area (Å²) in [5.41, 5.74) is 1.98. The van der Waals surface area contributed by atoms with E-state index in [0.717, 1.165) is 26.2 Å². The van der Waals surface area contributed by atoms with Crippen LogP contribution in [0, 0.1) is 5.92 Å². The average Bonchev–Trinajstić information content (AvgIpc) is 2.88. The fourth-order valence-electron chi connectivity index (χ4n) is 4.03. The lowest BCUT2D eigenvalue weighted by Crippen LogP contribution is -2.53. The van der Waals surface area contributed by atoms with Crippen LogP contribution < -0.4 is 9.62 Å². The molecule has 0 unspecified atom stereocenters. The minimum atomic E-state index is -3.83. The maximum atomic E-state index is 14.0. The Labute approximate surface area is 244 Å². The smallest absolute Gasteiger partial charge is 0.244 e. The van der Waals surface area contributed by atoms with Gasteiger partial charge in [-0.25, -0.2) is 8.42 Å². The van der Waals surface area contributed by atoms with Crippen molar-refractivity contribution in [3.8, 4) is 0 Å². The van der Waals surface area contributed by atoms with Crippen LogP contribution >= 0.6 is 27.5 Å². The number of rotatable bonds is 12. The molecule has 1 N–H and O–H groups in total. The molecule has 0 aliphatic carbocycles. The second-order valence-electron chi connectivity index (χ2n) is 9.74. The Hall–Kier alpha value is -2.88. The number of sulfonamides is 1. The molecule has 0 radical (unpaired) electrons. The SMILES string of the molecule is CC(C)CNC(=O)[C@H](Cc1ccccc1)N(Cc1cccc(Br)c1)C(=O)CN(c1ccc(Cl)cc1)S(C)(=O)=O. The number of hydrogen-bond donors (Lipinski definition) is 1. The standard InChI is InChI=1S/C29H33BrClN3O4S/c1-21(2)18-32-29(36)27(17-22-8-5-4-6-9-22)33(19-23-10-7-11-24(30)16-23)28(35)20-34(39(3,37)38)26-14-12-25(31)13-15-26/h4-16,21,27H,17-20H2,1-3H3,(H,32,36)/t27-/m0/s1. The van der Waals surface area contributed by atoms with Crippen molar-refractivity contribution in [1.82, 2.24) is 10.2 Å². The third-order valence-corrected chi connectivity index (χ3v) is 7.88. The van der Waals surface area contributed by atoms with E-state index in [1.807, 2.05) is 68.4 Å². The Bertz CT molecular complexity index is 1370. The van der Waals surface area contributed by atoms with Gasteiger partial charge in [0.1, 0.15) is 12.6 Å². The summed E-state index contributed by atoms with van der Waals surface area (Å²) < 4.78 is 27.4. The molecular weight excluding hydrogens is 602 g/mol. The van der Waals surface area contributed by atoms with Gasteiger partial charge in [-0.1, -0.05) is 83.8 Å². The molecule has 0 bridgehead atoms. The zero-order valence-corrected chi connectivity index (χ0v) is 25.3. The monoisotopic (exact) mass is 633 g/mol. The molecule has 3 rings (SSSR count). The molecule has 0 fully saturated rings. The molecule has 208 valence electrons. The number of carbonyl (C=O) groups excluding carboxylic acids is 2. The summed E-state index contributed by atoms with van der Waals surface area (Å²) >= 11 is 9.48. The molecule has 7 nitrogen and oxygen atoms in total. The van der Waals surface area contributed by atoms with Crippen molar-refractivity contribution in [3.05, 3.63) is 99.5 Å². The molecule has 0 aliphatic rings. The summed E-state index contributed by atoms with van der Waals surface area (Å²) in [4.78, 5) is 29.1. The zero-order chi connectivity index (χ0) is 28.6. The van der Waals surface area contributed by atoms with Gasteiger partial charge < -0.3 is 10.2 Å². The van der Waals surface area contributed by atoms with Crippen LogP contribution in [0.1, 0.15) is 25.0 Å². The number of anilines is 1. The largest absolute Gasteiger partial charge is 0.354 e. The zero-order valence-electron chi connectivity index (χ0n) is 22.2. The summed E-state index contributed by atoms with van der Waals surface area (Å²) in [5, 5.41) is 3.41. The third kappa shape index (κ3) is 9.37. The first-order chi connectivity index (χ1) is 18.4. The minimum Gasteiger partial charge on any atom is -0.354 e. The summed E-state index contributed by atoms with van der Waals surface area (Å²) in [6.07, 6.45) is 1.31.